The Kier molecular flexibility index (Phi) is 5.11. The molecule has 0 aliphatic carbocycles. The van der Waals surface area contributed by atoms with Crippen molar-refractivity contribution >= 4 is 17.6 Å². The summed E-state index contributed by atoms with van der Waals surface area (Å²) in [7, 11) is 0. The molecule has 1 atom stereocenters. The van der Waals surface area contributed by atoms with Gasteiger partial charge >= 0.3 is 0 Å². The van der Waals surface area contributed by atoms with Crippen LogP contribution in [0.4, 0.5) is 5.82 Å². The maximum absolute atomic E-state index is 4.71. The summed E-state index contributed by atoms with van der Waals surface area (Å²) < 4.78 is 0. The lowest BCUT2D eigenvalue weighted by atomic mass is 10.1. The fraction of sp³-hybridized carbons (Fsp3) is 0.667. The third-order valence-electron chi connectivity index (χ3n) is 3.46. The molecule has 0 radical (unpaired) electrons. The molecule has 1 fully saturated rings. The second-order valence-electron chi connectivity index (χ2n) is 5.64. The van der Waals surface area contributed by atoms with E-state index in [9.17, 15) is 0 Å². The van der Waals surface area contributed by atoms with Crippen molar-refractivity contribution in [3.05, 3.63) is 23.4 Å². The molecule has 1 aliphatic heterocycles. The van der Waals surface area contributed by atoms with Crippen LogP contribution >= 0.6 is 11.8 Å². The zero-order valence-electron chi connectivity index (χ0n) is 12.4. The van der Waals surface area contributed by atoms with Gasteiger partial charge in [0, 0.05) is 42.9 Å². The van der Waals surface area contributed by atoms with Crippen molar-refractivity contribution in [1.82, 2.24) is 10.3 Å². The van der Waals surface area contributed by atoms with Gasteiger partial charge in [0.05, 0.1) is 0 Å². The first-order valence-corrected chi connectivity index (χ1v) is 8.26. The standard InChI is InChI=1S/C15H25N3S/c1-11(2)16-8-14-7-12(3)15(17-9-14)18-5-6-19-10-13(18)4/h7,9,11,13,16H,5-6,8,10H2,1-4H3. The van der Waals surface area contributed by atoms with Crippen LogP contribution in [0.3, 0.4) is 0 Å². The largest absolute Gasteiger partial charge is 0.352 e. The molecule has 1 aromatic heterocycles. The van der Waals surface area contributed by atoms with Gasteiger partial charge in [-0.15, -0.1) is 0 Å². The number of rotatable bonds is 4. The maximum atomic E-state index is 4.71. The molecule has 2 rings (SSSR count). The van der Waals surface area contributed by atoms with Crippen LogP contribution in [0.15, 0.2) is 12.3 Å². The molecular formula is C15H25N3S. The Bertz CT molecular complexity index is 420. The van der Waals surface area contributed by atoms with Crippen molar-refractivity contribution in [1.29, 1.82) is 0 Å². The number of nitrogens with one attached hydrogen (secondary N) is 1. The van der Waals surface area contributed by atoms with Crippen molar-refractivity contribution in [2.24, 2.45) is 0 Å². The number of aryl methyl sites for hydroxylation is 1. The number of nitrogens with zero attached hydrogens (tertiary/aromatic N) is 2. The quantitative estimate of drug-likeness (QED) is 0.917. The van der Waals surface area contributed by atoms with Gasteiger partial charge < -0.3 is 10.2 Å². The maximum Gasteiger partial charge on any atom is 0.131 e. The van der Waals surface area contributed by atoms with E-state index in [1.165, 1.54) is 28.5 Å². The lowest BCUT2D eigenvalue weighted by Gasteiger charge is -2.35. The Hall–Kier alpha value is -0.740. The molecule has 19 heavy (non-hydrogen) atoms. The Balaban J connectivity index is 2.10. The molecule has 2 heterocycles. The van der Waals surface area contributed by atoms with Gasteiger partial charge in [-0.2, -0.15) is 11.8 Å². The lowest BCUT2D eigenvalue weighted by molar-refractivity contribution is 0.587. The van der Waals surface area contributed by atoms with Crippen LogP contribution < -0.4 is 10.2 Å². The van der Waals surface area contributed by atoms with Crippen LogP contribution in [0.1, 0.15) is 31.9 Å². The Morgan fingerprint density at radius 1 is 1.53 bits per heavy atom. The second-order valence-corrected chi connectivity index (χ2v) is 6.79. The summed E-state index contributed by atoms with van der Waals surface area (Å²) in [5, 5.41) is 3.44. The predicted octanol–water partition coefficient (Wildman–Crippen LogP) is 2.83. The number of anilines is 1. The van der Waals surface area contributed by atoms with Crippen molar-refractivity contribution in [2.45, 2.75) is 46.3 Å². The van der Waals surface area contributed by atoms with Crippen molar-refractivity contribution in [3.8, 4) is 0 Å². The summed E-state index contributed by atoms with van der Waals surface area (Å²) in [6.45, 7) is 10.8. The van der Waals surface area contributed by atoms with E-state index < -0.39 is 0 Å². The molecule has 3 nitrogen and oxygen atoms in total. The molecule has 4 heteroatoms. The first-order valence-electron chi connectivity index (χ1n) is 7.11. The van der Waals surface area contributed by atoms with Crippen LogP contribution in [0.5, 0.6) is 0 Å². The molecule has 106 valence electrons. The Morgan fingerprint density at radius 2 is 2.32 bits per heavy atom. The van der Waals surface area contributed by atoms with Crippen LogP contribution in [0, 0.1) is 6.92 Å². The van der Waals surface area contributed by atoms with Gasteiger partial charge in [-0.25, -0.2) is 4.98 Å². The molecular weight excluding hydrogens is 254 g/mol. The molecule has 1 N–H and O–H groups in total. The average Bonchev–Trinajstić information content (AvgIpc) is 2.38. The third kappa shape index (κ3) is 3.86. The summed E-state index contributed by atoms with van der Waals surface area (Å²) in [6.07, 6.45) is 2.02. The monoisotopic (exact) mass is 279 g/mol. The lowest BCUT2D eigenvalue weighted by Crippen LogP contribution is -2.41. The van der Waals surface area contributed by atoms with Crippen LogP contribution in [0.2, 0.25) is 0 Å². The van der Waals surface area contributed by atoms with Crippen molar-refractivity contribution in [2.75, 3.05) is 23.0 Å². The predicted molar refractivity (Wildman–Crippen MR) is 85.1 cm³/mol. The molecule has 0 spiro atoms. The molecule has 0 bridgehead atoms. The SMILES string of the molecule is Cc1cc(CNC(C)C)cnc1N1CCSCC1C. The first kappa shape index (κ1) is 14.7. The topological polar surface area (TPSA) is 28.2 Å². The minimum Gasteiger partial charge on any atom is -0.352 e. The molecule has 1 saturated heterocycles. The highest BCUT2D eigenvalue weighted by molar-refractivity contribution is 7.99. The normalized spacial score (nSPS) is 20.1. The highest BCUT2D eigenvalue weighted by Crippen LogP contribution is 2.25. The van der Waals surface area contributed by atoms with Crippen molar-refractivity contribution < 1.29 is 0 Å². The van der Waals surface area contributed by atoms with E-state index in [2.05, 4.69) is 44.0 Å². The van der Waals surface area contributed by atoms with E-state index in [1.807, 2.05) is 18.0 Å². The van der Waals surface area contributed by atoms with E-state index in [1.54, 1.807) is 0 Å². The van der Waals surface area contributed by atoms with Gasteiger partial charge in [-0.05, 0) is 31.0 Å². The van der Waals surface area contributed by atoms with Gasteiger partial charge in [0.15, 0.2) is 0 Å². The van der Waals surface area contributed by atoms with Gasteiger partial charge in [0.25, 0.3) is 0 Å². The summed E-state index contributed by atoms with van der Waals surface area (Å²) in [6, 6.07) is 3.37. The molecule has 0 saturated carbocycles. The van der Waals surface area contributed by atoms with Crippen molar-refractivity contribution in [3.63, 3.8) is 0 Å². The van der Waals surface area contributed by atoms with Crippen LogP contribution in [-0.4, -0.2) is 35.1 Å². The zero-order chi connectivity index (χ0) is 13.8. The number of aromatic nitrogens is 1. The van der Waals surface area contributed by atoms with Crippen LogP contribution in [0.25, 0.3) is 0 Å². The van der Waals surface area contributed by atoms with E-state index in [-0.39, 0.29) is 0 Å². The van der Waals surface area contributed by atoms with Gasteiger partial charge in [0.1, 0.15) is 5.82 Å². The fourth-order valence-electron chi connectivity index (χ4n) is 2.39. The summed E-state index contributed by atoms with van der Waals surface area (Å²) in [5.74, 6) is 3.58. The zero-order valence-corrected chi connectivity index (χ0v) is 13.3. The number of hydrogen-bond donors (Lipinski definition) is 1. The summed E-state index contributed by atoms with van der Waals surface area (Å²) in [4.78, 5) is 7.16. The Morgan fingerprint density at radius 3 is 2.95 bits per heavy atom. The first-order chi connectivity index (χ1) is 9.08. The van der Waals surface area contributed by atoms with E-state index in [0.29, 0.717) is 12.1 Å². The van der Waals surface area contributed by atoms with Gasteiger partial charge in [0.2, 0.25) is 0 Å². The summed E-state index contributed by atoms with van der Waals surface area (Å²) >= 11 is 2.04. The number of hydrogen-bond acceptors (Lipinski definition) is 4. The summed E-state index contributed by atoms with van der Waals surface area (Å²) in [5.41, 5.74) is 2.57. The molecule has 1 aliphatic rings. The van der Waals surface area contributed by atoms with Gasteiger partial charge in [-0.3, -0.25) is 0 Å². The molecule has 0 amide bonds. The smallest absolute Gasteiger partial charge is 0.131 e. The highest BCUT2D eigenvalue weighted by Gasteiger charge is 2.21. The molecule has 0 aromatic carbocycles. The molecule has 1 unspecified atom stereocenters. The number of pyridine rings is 1. The highest BCUT2D eigenvalue weighted by atomic mass is 32.2. The molecule has 1 aromatic rings. The second kappa shape index (κ2) is 6.62. The minimum atomic E-state index is 0.513. The van der Waals surface area contributed by atoms with E-state index in [4.69, 9.17) is 4.98 Å². The Labute approximate surface area is 121 Å². The minimum absolute atomic E-state index is 0.513. The third-order valence-corrected chi connectivity index (χ3v) is 4.65. The average molecular weight is 279 g/mol. The fourth-order valence-corrected chi connectivity index (χ4v) is 3.40. The van der Waals surface area contributed by atoms with E-state index >= 15 is 0 Å². The van der Waals surface area contributed by atoms with Crippen LogP contribution in [-0.2, 0) is 6.54 Å². The number of thioether (sulfide) groups is 1. The van der Waals surface area contributed by atoms with E-state index in [0.717, 1.165) is 13.1 Å². The van der Waals surface area contributed by atoms with Gasteiger partial charge in [-0.1, -0.05) is 13.8 Å².